The van der Waals surface area contributed by atoms with E-state index in [1.807, 2.05) is 6.92 Å². The molecule has 0 aromatic rings. The van der Waals surface area contributed by atoms with Gasteiger partial charge in [-0.15, -0.1) is 0 Å². The van der Waals surface area contributed by atoms with Gasteiger partial charge in [-0.25, -0.2) is 0 Å². The molecule has 0 radical (unpaired) electrons. The molecule has 0 aromatic carbocycles. The van der Waals surface area contributed by atoms with E-state index >= 15 is 0 Å². The number of carbonyl (C=O) groups excluding carboxylic acids is 1. The summed E-state index contributed by atoms with van der Waals surface area (Å²) in [5.74, 6) is -0.813. The highest BCUT2D eigenvalue weighted by atomic mass is 16.8. The van der Waals surface area contributed by atoms with Crippen LogP contribution in [0.4, 0.5) is 0 Å². The fourth-order valence-electron chi connectivity index (χ4n) is 8.09. The number of aliphatic hydroxyl groups excluding tert-OH is 2. The van der Waals surface area contributed by atoms with Gasteiger partial charge in [0, 0.05) is 59.1 Å². The molecule has 3 saturated heterocycles. The van der Waals surface area contributed by atoms with Crippen molar-refractivity contribution in [3.63, 3.8) is 0 Å². The van der Waals surface area contributed by atoms with Crippen molar-refractivity contribution >= 4 is 5.97 Å². The lowest BCUT2D eigenvalue weighted by Gasteiger charge is -2.51. The van der Waals surface area contributed by atoms with Gasteiger partial charge >= 0.3 is 5.97 Å². The van der Waals surface area contributed by atoms with Crippen LogP contribution in [0.5, 0.6) is 0 Å². The normalized spacial score (nSPS) is 33.1. The molecular formula is C49H92O16. The topological polar surface area (TPSA) is 178 Å². The Balaban J connectivity index is 2.12. The molecule has 0 aromatic heterocycles. The molecule has 65 heavy (non-hydrogen) atoms. The highest BCUT2D eigenvalue weighted by Gasteiger charge is 2.56. The molecule has 16 nitrogen and oxygen atoms in total. The number of ether oxygens (including phenoxy) is 13. The van der Waals surface area contributed by atoms with E-state index in [1.165, 1.54) is 6.92 Å². The van der Waals surface area contributed by atoms with E-state index in [9.17, 15) is 15.0 Å². The van der Waals surface area contributed by atoms with Crippen LogP contribution in [0.25, 0.3) is 0 Å². The molecule has 3 fully saturated rings. The van der Waals surface area contributed by atoms with Crippen molar-refractivity contribution in [2.24, 2.45) is 5.92 Å². The van der Waals surface area contributed by atoms with E-state index in [0.29, 0.717) is 46.1 Å². The summed E-state index contributed by atoms with van der Waals surface area (Å²) in [7, 11) is 0. The van der Waals surface area contributed by atoms with E-state index in [0.717, 1.165) is 83.5 Å². The largest absolute Gasteiger partial charge is 0.454 e. The lowest BCUT2D eigenvalue weighted by Crippen LogP contribution is -2.67. The molecular weight excluding hydrogens is 845 g/mol. The maximum Gasteiger partial charge on any atom is 0.303 e. The van der Waals surface area contributed by atoms with E-state index in [2.05, 4.69) is 48.5 Å². The summed E-state index contributed by atoms with van der Waals surface area (Å²) in [4.78, 5) is 12.9. The molecule has 0 amide bonds. The first-order valence-corrected chi connectivity index (χ1v) is 25.6. The quantitative estimate of drug-likeness (QED) is 0.0482. The van der Waals surface area contributed by atoms with Crippen molar-refractivity contribution in [2.75, 3.05) is 66.1 Å². The Labute approximate surface area is 391 Å². The van der Waals surface area contributed by atoms with Crippen molar-refractivity contribution in [3.05, 3.63) is 0 Å². The van der Waals surface area contributed by atoms with Crippen molar-refractivity contribution in [1.29, 1.82) is 0 Å². The van der Waals surface area contributed by atoms with Gasteiger partial charge in [-0.3, -0.25) is 4.79 Å². The minimum atomic E-state index is -1.42. The number of carbonyl (C=O) groups is 1. The number of aliphatic hydroxyl groups is 2. The van der Waals surface area contributed by atoms with Crippen molar-refractivity contribution in [2.45, 2.75) is 238 Å². The third-order valence-corrected chi connectivity index (χ3v) is 12.1. The smallest absolute Gasteiger partial charge is 0.303 e. The van der Waals surface area contributed by atoms with E-state index < -0.39 is 98.6 Å². The summed E-state index contributed by atoms with van der Waals surface area (Å²) in [5, 5.41) is 22.9. The number of hydrogen-bond donors (Lipinski definition) is 2. The second-order valence-corrected chi connectivity index (χ2v) is 17.8. The maximum atomic E-state index is 12.9. The van der Waals surface area contributed by atoms with Crippen LogP contribution in [0.3, 0.4) is 0 Å². The Morgan fingerprint density at radius 3 is 1.37 bits per heavy atom. The Morgan fingerprint density at radius 1 is 0.462 bits per heavy atom. The molecule has 0 spiro atoms. The van der Waals surface area contributed by atoms with Crippen LogP contribution < -0.4 is 0 Å². The third kappa shape index (κ3) is 19.3. The van der Waals surface area contributed by atoms with E-state index in [1.54, 1.807) is 0 Å². The van der Waals surface area contributed by atoms with Gasteiger partial charge in [0.15, 0.2) is 25.0 Å². The van der Waals surface area contributed by atoms with Gasteiger partial charge in [0.1, 0.15) is 54.9 Å². The van der Waals surface area contributed by atoms with Crippen molar-refractivity contribution in [1.82, 2.24) is 0 Å². The number of hydrogen-bond acceptors (Lipinski definition) is 16. The average molecular weight is 937 g/mol. The predicted octanol–water partition coefficient (Wildman–Crippen LogP) is 7.04. The van der Waals surface area contributed by atoms with Crippen LogP contribution in [-0.4, -0.2) is 168 Å². The second-order valence-electron chi connectivity index (χ2n) is 17.8. The fraction of sp³-hybridized carbons (Fsp3) is 0.980. The number of rotatable bonds is 36. The Hall–Kier alpha value is -1.09. The lowest BCUT2D eigenvalue weighted by molar-refractivity contribution is -0.385. The van der Waals surface area contributed by atoms with Gasteiger partial charge in [-0.05, 0) is 44.9 Å². The summed E-state index contributed by atoms with van der Waals surface area (Å²) in [5.41, 5.74) is 0. The molecule has 384 valence electrons. The molecule has 7 unspecified atom stereocenters. The number of esters is 1. The molecule has 0 saturated carbocycles. The van der Waals surface area contributed by atoms with Crippen LogP contribution in [0.2, 0.25) is 0 Å². The van der Waals surface area contributed by atoms with Gasteiger partial charge in [-0.1, -0.05) is 100 Å². The SMILES string of the molecule is CCCCOCC1O[C@@H](OCCCC)C(C)C(OCCCC)[C@@H]1O[C@@H]1OC(CO)[C@@H](O)C(O[C@@H]2OC(COCCCC)[C@H](OCCCC)C(OCCCC)[C@@H]2OC(C)=O)[C@H]1OCCCC. The van der Waals surface area contributed by atoms with E-state index in [4.69, 9.17) is 61.6 Å². The predicted molar refractivity (Wildman–Crippen MR) is 244 cm³/mol. The van der Waals surface area contributed by atoms with Gasteiger partial charge in [0.2, 0.25) is 0 Å². The first kappa shape index (κ1) is 58.2. The van der Waals surface area contributed by atoms with Gasteiger partial charge < -0.3 is 71.8 Å². The lowest BCUT2D eigenvalue weighted by atomic mass is 9.91. The van der Waals surface area contributed by atoms with E-state index in [-0.39, 0.29) is 25.7 Å². The van der Waals surface area contributed by atoms with Crippen molar-refractivity contribution in [3.8, 4) is 0 Å². The van der Waals surface area contributed by atoms with Crippen molar-refractivity contribution < 1.29 is 76.6 Å². The van der Waals surface area contributed by atoms with Gasteiger partial charge in [0.25, 0.3) is 0 Å². The highest BCUT2D eigenvalue weighted by molar-refractivity contribution is 5.66. The minimum absolute atomic E-state index is 0.166. The van der Waals surface area contributed by atoms with Crippen LogP contribution in [-0.2, 0) is 66.4 Å². The summed E-state index contributed by atoms with van der Waals surface area (Å²) >= 11 is 0. The van der Waals surface area contributed by atoms with Crippen LogP contribution >= 0.6 is 0 Å². The third-order valence-electron chi connectivity index (χ3n) is 12.1. The molecule has 3 aliphatic rings. The molecule has 0 bridgehead atoms. The standard InChI is InChI=1S/C49H92O16/c1-10-17-24-53-32-37-41(56-27-20-13-4)44(57-28-21-14-5)46(60-35(9)51)49(63-37)65-43-39(52)36(31-50)61-48(45(43)58-29-22-15-6)64-42-38(33-54-25-18-11-2)62-47(59-30-23-16-7)34(8)40(42)55-26-19-12-3/h34,36-50,52H,10-33H2,1-9H3/t34?,36?,37?,38?,39-,40?,41+,42-,43?,44?,45-,46+,47-,48+,49+/m1/s1. The van der Waals surface area contributed by atoms with Gasteiger partial charge in [-0.2, -0.15) is 0 Å². The highest BCUT2D eigenvalue weighted by Crippen LogP contribution is 2.38. The van der Waals surface area contributed by atoms with Crippen LogP contribution in [0.15, 0.2) is 0 Å². The zero-order chi connectivity index (χ0) is 47.4. The molecule has 15 atom stereocenters. The van der Waals surface area contributed by atoms with Crippen LogP contribution in [0, 0.1) is 5.92 Å². The molecule has 0 aliphatic carbocycles. The maximum absolute atomic E-state index is 12.9. The van der Waals surface area contributed by atoms with Gasteiger partial charge in [0.05, 0.1) is 25.9 Å². The minimum Gasteiger partial charge on any atom is -0.454 e. The second kappa shape index (κ2) is 34.2. The summed E-state index contributed by atoms with van der Waals surface area (Å²) in [6, 6.07) is 0. The monoisotopic (exact) mass is 937 g/mol. The Kier molecular flexibility index (Phi) is 30.7. The average Bonchev–Trinajstić information content (AvgIpc) is 3.29. The molecule has 3 rings (SSSR count). The molecule has 16 heteroatoms. The zero-order valence-electron chi connectivity index (χ0n) is 41.7. The first-order chi connectivity index (χ1) is 31.6. The summed E-state index contributed by atoms with van der Waals surface area (Å²) in [6.45, 7) is 21.0. The number of unbranched alkanes of at least 4 members (excludes halogenated alkanes) is 7. The molecule has 2 N–H and O–H groups in total. The zero-order valence-corrected chi connectivity index (χ0v) is 41.7. The van der Waals surface area contributed by atoms with Crippen LogP contribution in [0.1, 0.15) is 152 Å². The molecule has 3 heterocycles. The molecule has 3 aliphatic heterocycles. The first-order valence-electron chi connectivity index (χ1n) is 25.6. The summed E-state index contributed by atoms with van der Waals surface area (Å²) < 4.78 is 84.9. The summed E-state index contributed by atoms with van der Waals surface area (Å²) in [6.07, 6.45) is -0.819. The Bertz CT molecular complexity index is 1190. The Morgan fingerprint density at radius 2 is 0.862 bits per heavy atom. The fourth-order valence-corrected chi connectivity index (χ4v) is 8.09.